The van der Waals surface area contributed by atoms with Gasteiger partial charge in [0.15, 0.2) is 0 Å². The van der Waals surface area contributed by atoms with Gasteiger partial charge in [-0.3, -0.25) is 4.79 Å². The quantitative estimate of drug-likeness (QED) is 0.861. The minimum Gasteiger partial charge on any atom is -0.381 e. The van der Waals surface area contributed by atoms with Gasteiger partial charge in [-0.05, 0) is 23.3 Å². The van der Waals surface area contributed by atoms with E-state index in [1.807, 2.05) is 42.5 Å². The Morgan fingerprint density at radius 1 is 0.947 bits per heavy atom. The summed E-state index contributed by atoms with van der Waals surface area (Å²) in [6.45, 7) is 0.801. The van der Waals surface area contributed by atoms with Crippen LogP contribution in [0.15, 0.2) is 54.6 Å². The molecule has 0 aliphatic rings. The summed E-state index contributed by atoms with van der Waals surface area (Å²) in [6.07, 6.45) is 0.426. The lowest BCUT2D eigenvalue weighted by atomic mass is 10.1. The Labute approximate surface area is 113 Å². The van der Waals surface area contributed by atoms with Gasteiger partial charge in [-0.15, -0.1) is 0 Å². The molecule has 0 aliphatic heterocycles. The molecule has 19 heavy (non-hydrogen) atoms. The number of hydrogen-bond donors (Lipinski definition) is 2. The van der Waals surface area contributed by atoms with Gasteiger partial charge in [-0.25, -0.2) is 0 Å². The van der Waals surface area contributed by atoms with Crippen molar-refractivity contribution in [2.75, 3.05) is 12.4 Å². The minimum atomic E-state index is 0.0324. The average molecular weight is 254 g/mol. The zero-order valence-electron chi connectivity index (χ0n) is 11.0. The number of carbonyl (C=O) groups is 1. The fraction of sp³-hybridized carbons (Fsp3) is 0.188. The third kappa shape index (κ3) is 4.14. The van der Waals surface area contributed by atoms with Gasteiger partial charge >= 0.3 is 0 Å². The second-order valence-electron chi connectivity index (χ2n) is 4.39. The SMILES string of the molecule is CNC(=O)Cc1ccc(NCc2ccccc2)cc1. The molecule has 0 radical (unpaired) electrons. The third-order valence-corrected chi connectivity index (χ3v) is 2.94. The molecular formula is C16H18N2O. The summed E-state index contributed by atoms with van der Waals surface area (Å²) in [6, 6.07) is 18.2. The highest BCUT2D eigenvalue weighted by molar-refractivity contribution is 5.78. The van der Waals surface area contributed by atoms with E-state index in [1.165, 1.54) is 5.56 Å². The maximum absolute atomic E-state index is 11.3. The predicted octanol–water partition coefficient (Wildman–Crippen LogP) is 2.59. The van der Waals surface area contributed by atoms with Gasteiger partial charge < -0.3 is 10.6 Å². The third-order valence-electron chi connectivity index (χ3n) is 2.94. The van der Waals surface area contributed by atoms with Crippen molar-refractivity contribution in [2.45, 2.75) is 13.0 Å². The highest BCUT2D eigenvalue weighted by Crippen LogP contribution is 2.11. The first-order valence-corrected chi connectivity index (χ1v) is 6.35. The monoisotopic (exact) mass is 254 g/mol. The molecule has 0 aromatic heterocycles. The van der Waals surface area contributed by atoms with Crippen molar-refractivity contribution in [3.05, 3.63) is 65.7 Å². The molecule has 3 heteroatoms. The lowest BCUT2D eigenvalue weighted by Gasteiger charge is -2.07. The summed E-state index contributed by atoms with van der Waals surface area (Å²) in [5.74, 6) is 0.0324. The number of rotatable bonds is 5. The molecule has 2 aromatic carbocycles. The van der Waals surface area contributed by atoms with E-state index < -0.39 is 0 Å². The molecule has 0 aliphatic carbocycles. The summed E-state index contributed by atoms with van der Waals surface area (Å²) in [4.78, 5) is 11.3. The maximum atomic E-state index is 11.3. The van der Waals surface area contributed by atoms with Gasteiger partial charge in [0.05, 0.1) is 6.42 Å². The summed E-state index contributed by atoms with van der Waals surface area (Å²) in [5, 5.41) is 5.98. The Hall–Kier alpha value is -2.29. The summed E-state index contributed by atoms with van der Waals surface area (Å²) in [5.41, 5.74) is 3.33. The Kier molecular flexibility index (Phi) is 4.56. The number of nitrogens with one attached hydrogen (secondary N) is 2. The number of hydrogen-bond acceptors (Lipinski definition) is 2. The Morgan fingerprint density at radius 3 is 2.26 bits per heavy atom. The van der Waals surface area contributed by atoms with Crippen LogP contribution in [0.25, 0.3) is 0 Å². The van der Waals surface area contributed by atoms with Crippen LogP contribution in [0.2, 0.25) is 0 Å². The summed E-state index contributed by atoms with van der Waals surface area (Å²) in [7, 11) is 1.65. The number of amides is 1. The molecule has 2 rings (SSSR count). The smallest absolute Gasteiger partial charge is 0.224 e. The van der Waals surface area contributed by atoms with E-state index >= 15 is 0 Å². The lowest BCUT2D eigenvalue weighted by molar-refractivity contribution is -0.119. The van der Waals surface area contributed by atoms with Crippen LogP contribution in [-0.4, -0.2) is 13.0 Å². The van der Waals surface area contributed by atoms with Crippen LogP contribution in [0, 0.1) is 0 Å². The molecule has 2 N–H and O–H groups in total. The Morgan fingerprint density at radius 2 is 1.63 bits per heavy atom. The highest BCUT2D eigenvalue weighted by Gasteiger charge is 2.00. The fourth-order valence-corrected chi connectivity index (χ4v) is 1.81. The van der Waals surface area contributed by atoms with Gasteiger partial charge in [0.1, 0.15) is 0 Å². The van der Waals surface area contributed by atoms with E-state index in [2.05, 4.69) is 22.8 Å². The van der Waals surface area contributed by atoms with E-state index in [0.29, 0.717) is 6.42 Å². The molecule has 0 saturated carbocycles. The van der Waals surface area contributed by atoms with Crippen LogP contribution in [0.4, 0.5) is 5.69 Å². The van der Waals surface area contributed by atoms with E-state index in [1.54, 1.807) is 7.05 Å². The van der Waals surface area contributed by atoms with Crippen LogP contribution in [0.3, 0.4) is 0 Å². The van der Waals surface area contributed by atoms with Gasteiger partial charge in [0, 0.05) is 19.3 Å². The predicted molar refractivity (Wildman–Crippen MR) is 78.0 cm³/mol. The second-order valence-corrected chi connectivity index (χ2v) is 4.39. The fourth-order valence-electron chi connectivity index (χ4n) is 1.81. The largest absolute Gasteiger partial charge is 0.381 e. The van der Waals surface area contributed by atoms with Crippen LogP contribution in [-0.2, 0) is 17.8 Å². The standard InChI is InChI=1S/C16H18N2O/c1-17-16(19)11-13-7-9-15(10-8-13)18-12-14-5-3-2-4-6-14/h2-10,18H,11-12H2,1H3,(H,17,19). The molecule has 0 saturated heterocycles. The molecule has 0 heterocycles. The zero-order valence-corrected chi connectivity index (χ0v) is 11.0. The topological polar surface area (TPSA) is 41.1 Å². The van der Waals surface area contributed by atoms with Crippen molar-refractivity contribution in [2.24, 2.45) is 0 Å². The van der Waals surface area contributed by atoms with Crippen LogP contribution in [0.1, 0.15) is 11.1 Å². The average Bonchev–Trinajstić information content (AvgIpc) is 2.47. The van der Waals surface area contributed by atoms with Gasteiger partial charge in [-0.2, -0.15) is 0 Å². The molecule has 1 amide bonds. The van der Waals surface area contributed by atoms with E-state index in [-0.39, 0.29) is 5.91 Å². The molecule has 0 unspecified atom stereocenters. The van der Waals surface area contributed by atoms with Crippen molar-refractivity contribution in [3.8, 4) is 0 Å². The van der Waals surface area contributed by atoms with Crippen molar-refractivity contribution in [3.63, 3.8) is 0 Å². The van der Waals surface area contributed by atoms with E-state index in [9.17, 15) is 4.79 Å². The Balaban J connectivity index is 1.90. The Bertz CT molecular complexity index is 520. The van der Waals surface area contributed by atoms with Crippen LogP contribution in [0.5, 0.6) is 0 Å². The number of anilines is 1. The molecule has 0 fully saturated rings. The van der Waals surface area contributed by atoms with Gasteiger partial charge in [0.2, 0.25) is 5.91 Å². The van der Waals surface area contributed by atoms with Crippen LogP contribution >= 0.6 is 0 Å². The lowest BCUT2D eigenvalue weighted by Crippen LogP contribution is -2.19. The molecule has 98 valence electrons. The maximum Gasteiger partial charge on any atom is 0.224 e. The first kappa shape index (κ1) is 13.1. The summed E-state index contributed by atoms with van der Waals surface area (Å²) < 4.78 is 0. The van der Waals surface area contributed by atoms with Crippen molar-refractivity contribution >= 4 is 11.6 Å². The van der Waals surface area contributed by atoms with Crippen molar-refractivity contribution in [1.82, 2.24) is 5.32 Å². The minimum absolute atomic E-state index is 0.0324. The molecule has 0 atom stereocenters. The molecule has 0 bridgehead atoms. The van der Waals surface area contributed by atoms with Crippen molar-refractivity contribution < 1.29 is 4.79 Å². The van der Waals surface area contributed by atoms with Gasteiger partial charge in [-0.1, -0.05) is 42.5 Å². The van der Waals surface area contributed by atoms with Gasteiger partial charge in [0.25, 0.3) is 0 Å². The first-order valence-electron chi connectivity index (χ1n) is 6.35. The number of carbonyl (C=O) groups excluding carboxylic acids is 1. The highest BCUT2D eigenvalue weighted by atomic mass is 16.1. The first-order chi connectivity index (χ1) is 9.28. The van der Waals surface area contributed by atoms with E-state index in [0.717, 1.165) is 17.8 Å². The van der Waals surface area contributed by atoms with Crippen LogP contribution < -0.4 is 10.6 Å². The molecule has 2 aromatic rings. The summed E-state index contributed by atoms with van der Waals surface area (Å²) >= 11 is 0. The van der Waals surface area contributed by atoms with Crippen molar-refractivity contribution in [1.29, 1.82) is 0 Å². The molecule has 0 spiro atoms. The molecule has 3 nitrogen and oxygen atoms in total. The van der Waals surface area contributed by atoms with E-state index in [4.69, 9.17) is 0 Å². The number of benzene rings is 2. The normalized spacial score (nSPS) is 9.95. The second kappa shape index (κ2) is 6.59. The number of likely N-dealkylation sites (N-methyl/N-ethyl adjacent to an activating group) is 1. The zero-order chi connectivity index (χ0) is 13.5. The molecular weight excluding hydrogens is 236 g/mol.